The largest absolute Gasteiger partial charge is 0.467 e. The highest BCUT2D eigenvalue weighted by atomic mass is 16.5. The molecule has 0 aliphatic heterocycles. The molecule has 2 N–H and O–H groups in total. The van der Waals surface area contributed by atoms with Gasteiger partial charge in [0.05, 0.1) is 13.2 Å². The zero-order chi connectivity index (χ0) is 11.3. The number of ether oxygens (including phenoxy) is 1. The van der Waals surface area contributed by atoms with Gasteiger partial charge in [0.2, 0.25) is 0 Å². The van der Waals surface area contributed by atoms with Crippen LogP contribution in [-0.4, -0.2) is 35.5 Å². The highest BCUT2D eigenvalue weighted by Crippen LogP contribution is 2.06. The van der Waals surface area contributed by atoms with Crippen molar-refractivity contribution in [2.75, 3.05) is 7.11 Å². The monoisotopic (exact) mass is 210 g/mol. The second kappa shape index (κ2) is 5.48. The number of carbonyl (C=O) groups excluding carboxylic acids is 1. The number of hydrogen-bond acceptors (Lipinski definition) is 4. The van der Waals surface area contributed by atoms with E-state index in [9.17, 15) is 15.0 Å². The number of rotatable bonds is 4. The lowest BCUT2D eigenvalue weighted by atomic mass is 10.0. The normalized spacial score (nSPS) is 14.3. The lowest BCUT2D eigenvalue weighted by Gasteiger charge is -2.15. The summed E-state index contributed by atoms with van der Waals surface area (Å²) in [4.78, 5) is 10.9. The van der Waals surface area contributed by atoms with E-state index < -0.39 is 18.2 Å². The van der Waals surface area contributed by atoms with Gasteiger partial charge in [0.15, 0.2) is 6.10 Å². The van der Waals surface area contributed by atoms with Gasteiger partial charge in [0.1, 0.15) is 0 Å². The van der Waals surface area contributed by atoms with Crippen molar-refractivity contribution < 1.29 is 19.7 Å². The van der Waals surface area contributed by atoms with E-state index in [0.717, 1.165) is 5.56 Å². The Kier molecular flexibility index (Phi) is 4.27. The Morgan fingerprint density at radius 3 is 2.47 bits per heavy atom. The maximum atomic E-state index is 10.9. The summed E-state index contributed by atoms with van der Waals surface area (Å²) < 4.78 is 4.32. The quantitative estimate of drug-likeness (QED) is 0.693. The Labute approximate surface area is 88.1 Å². The standard InChI is InChI=1S/C11H14O4/c1-15-11(14)10(13)9(12)7-8-5-3-2-4-6-8/h2-6,9-10,12-13H,7H2,1H3/t9-,10?/m0/s1. The van der Waals surface area contributed by atoms with Crippen LogP contribution in [0.15, 0.2) is 30.3 Å². The molecule has 0 saturated carbocycles. The summed E-state index contributed by atoms with van der Waals surface area (Å²) in [5.41, 5.74) is 0.855. The van der Waals surface area contributed by atoms with Crippen LogP contribution in [0.5, 0.6) is 0 Å². The lowest BCUT2D eigenvalue weighted by molar-refractivity contribution is -0.156. The minimum Gasteiger partial charge on any atom is -0.467 e. The first-order chi connectivity index (χ1) is 7.15. The van der Waals surface area contributed by atoms with Gasteiger partial charge in [-0.15, -0.1) is 0 Å². The van der Waals surface area contributed by atoms with E-state index in [1.165, 1.54) is 7.11 Å². The summed E-state index contributed by atoms with van der Waals surface area (Å²) in [6, 6.07) is 9.13. The Bertz CT molecular complexity index is 310. The van der Waals surface area contributed by atoms with Gasteiger partial charge < -0.3 is 14.9 Å². The van der Waals surface area contributed by atoms with Crippen molar-refractivity contribution in [3.8, 4) is 0 Å². The zero-order valence-electron chi connectivity index (χ0n) is 8.46. The van der Waals surface area contributed by atoms with Crippen LogP contribution < -0.4 is 0 Å². The Morgan fingerprint density at radius 2 is 1.93 bits per heavy atom. The molecule has 1 aromatic rings. The maximum Gasteiger partial charge on any atom is 0.337 e. The van der Waals surface area contributed by atoms with Gasteiger partial charge >= 0.3 is 5.97 Å². The summed E-state index contributed by atoms with van der Waals surface area (Å²) in [7, 11) is 1.17. The molecule has 0 amide bonds. The third-order valence-electron chi connectivity index (χ3n) is 2.09. The number of methoxy groups -OCH3 is 1. The fourth-order valence-corrected chi connectivity index (χ4v) is 1.25. The van der Waals surface area contributed by atoms with Crippen molar-refractivity contribution in [3.63, 3.8) is 0 Å². The fourth-order valence-electron chi connectivity index (χ4n) is 1.25. The van der Waals surface area contributed by atoms with Crippen LogP contribution in [0.2, 0.25) is 0 Å². The first-order valence-corrected chi connectivity index (χ1v) is 4.63. The summed E-state index contributed by atoms with van der Waals surface area (Å²) >= 11 is 0. The average molecular weight is 210 g/mol. The molecular formula is C11H14O4. The van der Waals surface area contributed by atoms with Gasteiger partial charge in [-0.1, -0.05) is 30.3 Å². The third kappa shape index (κ3) is 3.34. The Morgan fingerprint density at radius 1 is 1.33 bits per heavy atom. The summed E-state index contributed by atoms with van der Waals surface area (Å²) in [5, 5.41) is 18.8. The number of benzene rings is 1. The third-order valence-corrected chi connectivity index (χ3v) is 2.09. The van der Waals surface area contributed by atoms with Gasteiger partial charge in [-0.3, -0.25) is 0 Å². The van der Waals surface area contributed by atoms with Gasteiger partial charge in [0.25, 0.3) is 0 Å². The first-order valence-electron chi connectivity index (χ1n) is 4.63. The van der Waals surface area contributed by atoms with Crippen molar-refractivity contribution in [2.45, 2.75) is 18.6 Å². The van der Waals surface area contributed by atoms with Crippen LogP contribution in [0.25, 0.3) is 0 Å². The van der Waals surface area contributed by atoms with Crippen LogP contribution in [0.4, 0.5) is 0 Å². The average Bonchev–Trinajstić information content (AvgIpc) is 2.28. The number of aliphatic hydroxyl groups is 2. The molecule has 0 aliphatic rings. The van der Waals surface area contributed by atoms with Gasteiger partial charge in [-0.2, -0.15) is 0 Å². The summed E-state index contributed by atoms with van der Waals surface area (Å²) in [5.74, 6) is -0.821. The van der Waals surface area contributed by atoms with Crippen LogP contribution in [0.3, 0.4) is 0 Å². The molecular weight excluding hydrogens is 196 g/mol. The van der Waals surface area contributed by atoms with Crippen molar-refractivity contribution in [3.05, 3.63) is 35.9 Å². The van der Waals surface area contributed by atoms with Crippen LogP contribution >= 0.6 is 0 Å². The minimum atomic E-state index is -1.49. The Hall–Kier alpha value is -1.39. The molecule has 0 bridgehead atoms. The van der Waals surface area contributed by atoms with Gasteiger partial charge in [-0.05, 0) is 5.56 Å². The number of hydrogen-bond donors (Lipinski definition) is 2. The predicted octanol–water partition coefficient (Wildman–Crippen LogP) is 0.124. The van der Waals surface area contributed by atoms with Gasteiger partial charge in [0, 0.05) is 6.42 Å². The van der Waals surface area contributed by atoms with Crippen LogP contribution in [0.1, 0.15) is 5.56 Å². The molecule has 2 atom stereocenters. The van der Waals surface area contributed by atoms with E-state index >= 15 is 0 Å². The molecule has 15 heavy (non-hydrogen) atoms. The molecule has 1 rings (SSSR count). The van der Waals surface area contributed by atoms with E-state index in [2.05, 4.69) is 4.74 Å². The van der Waals surface area contributed by atoms with Gasteiger partial charge in [-0.25, -0.2) is 4.79 Å². The molecule has 0 aromatic heterocycles. The topological polar surface area (TPSA) is 66.8 Å². The van der Waals surface area contributed by atoms with Crippen LogP contribution in [-0.2, 0) is 16.0 Å². The number of carbonyl (C=O) groups is 1. The molecule has 0 saturated heterocycles. The zero-order valence-corrected chi connectivity index (χ0v) is 8.46. The number of aliphatic hydroxyl groups excluding tert-OH is 2. The molecule has 0 radical (unpaired) electrons. The molecule has 4 heteroatoms. The summed E-state index contributed by atoms with van der Waals surface area (Å²) in [6.07, 6.45) is -2.41. The van der Waals surface area contributed by atoms with E-state index in [0.29, 0.717) is 0 Å². The SMILES string of the molecule is COC(=O)C(O)[C@@H](O)Cc1ccccc1. The lowest BCUT2D eigenvalue weighted by Crippen LogP contribution is -2.36. The summed E-state index contributed by atoms with van der Waals surface area (Å²) in [6.45, 7) is 0. The molecule has 0 aliphatic carbocycles. The molecule has 4 nitrogen and oxygen atoms in total. The van der Waals surface area contributed by atoms with E-state index in [1.54, 1.807) is 0 Å². The maximum absolute atomic E-state index is 10.9. The van der Waals surface area contributed by atoms with Crippen molar-refractivity contribution >= 4 is 5.97 Å². The highest BCUT2D eigenvalue weighted by Gasteiger charge is 2.24. The predicted molar refractivity (Wildman–Crippen MR) is 54.2 cm³/mol. The second-order valence-corrected chi connectivity index (χ2v) is 3.23. The second-order valence-electron chi connectivity index (χ2n) is 3.23. The molecule has 82 valence electrons. The van der Waals surface area contributed by atoms with E-state index in [1.807, 2.05) is 30.3 Å². The Balaban J connectivity index is 2.56. The van der Waals surface area contributed by atoms with E-state index in [-0.39, 0.29) is 6.42 Å². The molecule has 0 heterocycles. The highest BCUT2D eigenvalue weighted by molar-refractivity contribution is 5.74. The van der Waals surface area contributed by atoms with Crippen molar-refractivity contribution in [2.24, 2.45) is 0 Å². The number of esters is 1. The smallest absolute Gasteiger partial charge is 0.337 e. The molecule has 0 fully saturated rings. The fraction of sp³-hybridized carbons (Fsp3) is 0.364. The van der Waals surface area contributed by atoms with Crippen LogP contribution in [0, 0.1) is 0 Å². The van der Waals surface area contributed by atoms with Crippen molar-refractivity contribution in [1.29, 1.82) is 0 Å². The van der Waals surface area contributed by atoms with E-state index in [4.69, 9.17) is 0 Å². The van der Waals surface area contributed by atoms with Crippen molar-refractivity contribution in [1.82, 2.24) is 0 Å². The molecule has 0 spiro atoms. The molecule has 1 unspecified atom stereocenters. The minimum absolute atomic E-state index is 0.219. The molecule has 1 aromatic carbocycles. The first kappa shape index (κ1) is 11.7.